The van der Waals surface area contributed by atoms with Gasteiger partial charge in [0.1, 0.15) is 0 Å². The highest BCUT2D eigenvalue weighted by molar-refractivity contribution is 5.87. The van der Waals surface area contributed by atoms with Gasteiger partial charge in [0.15, 0.2) is 0 Å². The summed E-state index contributed by atoms with van der Waals surface area (Å²) in [5.41, 5.74) is 0.600. The maximum Gasteiger partial charge on any atom is 0.333 e. The van der Waals surface area contributed by atoms with Crippen LogP contribution in [0.3, 0.4) is 0 Å². The normalized spacial score (nSPS) is 9.43. The van der Waals surface area contributed by atoms with Gasteiger partial charge in [-0.15, -0.1) is 0 Å². The van der Waals surface area contributed by atoms with Crippen LogP contribution in [0.15, 0.2) is 12.2 Å². The molecule has 0 aliphatic rings. The molecule has 0 spiro atoms. The maximum atomic E-state index is 11.1. The first kappa shape index (κ1) is 15.6. The lowest BCUT2D eigenvalue weighted by atomic mass is 10.0. The summed E-state index contributed by atoms with van der Waals surface area (Å²) in [5.74, 6) is 0.446. The van der Waals surface area contributed by atoms with Crippen molar-refractivity contribution >= 4 is 5.97 Å². The van der Waals surface area contributed by atoms with Crippen LogP contribution in [-0.4, -0.2) is 12.6 Å². The number of esters is 1. The van der Waals surface area contributed by atoms with Crippen LogP contribution in [0.5, 0.6) is 0 Å². The second kappa shape index (κ2) is 8.75. The fourth-order valence-electron chi connectivity index (χ4n) is 1.06. The lowest BCUT2D eigenvalue weighted by Crippen LogP contribution is -2.06. The van der Waals surface area contributed by atoms with Crippen molar-refractivity contribution in [3.05, 3.63) is 12.2 Å². The summed E-state index contributed by atoms with van der Waals surface area (Å²) < 4.78 is 4.82. The zero-order chi connectivity index (χ0) is 10.3. The lowest BCUT2D eigenvalue weighted by molar-refractivity contribution is -0.138. The highest BCUT2D eigenvalue weighted by Gasteiger charge is 2.06. The van der Waals surface area contributed by atoms with E-state index in [0.29, 0.717) is 18.1 Å². The molecule has 3 nitrogen and oxygen atoms in total. The Kier molecular flexibility index (Phi) is 9.78. The lowest BCUT2D eigenvalue weighted by Gasteiger charge is -2.06. The van der Waals surface area contributed by atoms with E-state index in [1.54, 1.807) is 6.92 Å². The fraction of sp³-hybridized carbons (Fsp3) is 0.727. The molecule has 3 N–H and O–H groups in total. The largest absolute Gasteiger partial charge is 0.463 e. The molecule has 84 valence electrons. The van der Waals surface area contributed by atoms with E-state index >= 15 is 0 Å². The molecule has 0 fully saturated rings. The minimum absolute atomic E-state index is 0. The molecule has 0 aromatic heterocycles. The summed E-state index contributed by atoms with van der Waals surface area (Å²) in [7, 11) is 0. The molecule has 0 saturated carbocycles. The van der Waals surface area contributed by atoms with Crippen molar-refractivity contribution in [2.24, 2.45) is 5.92 Å². The monoisotopic (exact) mass is 201 g/mol. The topological polar surface area (TPSA) is 61.3 Å². The zero-order valence-electron chi connectivity index (χ0n) is 9.64. The van der Waals surface area contributed by atoms with Crippen LogP contribution in [0.4, 0.5) is 0 Å². The molecular weight excluding hydrogens is 178 g/mol. The molecule has 0 amide bonds. The number of hydrogen-bond donors (Lipinski definition) is 1. The summed E-state index contributed by atoms with van der Waals surface area (Å²) in [6.07, 6.45) is 2.92. The molecule has 0 unspecified atom stereocenters. The van der Waals surface area contributed by atoms with E-state index in [4.69, 9.17) is 4.74 Å². The molecule has 0 heterocycles. The van der Waals surface area contributed by atoms with Crippen LogP contribution in [0.1, 0.15) is 40.0 Å². The Bertz CT molecular complexity index is 176. The van der Waals surface area contributed by atoms with Crippen LogP contribution >= 0.6 is 0 Å². The SMILES string of the molecule is C=C(CCCC(C)C)C(=O)OCC.N. The average Bonchev–Trinajstić information content (AvgIpc) is 2.04. The number of rotatable bonds is 6. The number of carbonyl (C=O) groups excluding carboxylic acids is 1. The second-order valence-electron chi connectivity index (χ2n) is 3.61. The first-order valence-electron chi connectivity index (χ1n) is 4.92. The Hall–Kier alpha value is -0.830. The van der Waals surface area contributed by atoms with Gasteiger partial charge >= 0.3 is 5.97 Å². The van der Waals surface area contributed by atoms with Crippen molar-refractivity contribution in [1.82, 2.24) is 6.15 Å². The van der Waals surface area contributed by atoms with Crippen molar-refractivity contribution in [2.75, 3.05) is 6.61 Å². The van der Waals surface area contributed by atoms with Crippen LogP contribution in [0.25, 0.3) is 0 Å². The quantitative estimate of drug-likeness (QED) is 0.530. The van der Waals surface area contributed by atoms with Crippen molar-refractivity contribution in [2.45, 2.75) is 40.0 Å². The van der Waals surface area contributed by atoms with Crippen LogP contribution in [0, 0.1) is 5.92 Å². The molecule has 3 heteroatoms. The molecule has 0 saturated heterocycles. The third kappa shape index (κ3) is 7.80. The van der Waals surface area contributed by atoms with Gasteiger partial charge in [-0.3, -0.25) is 0 Å². The molecule has 0 aromatic carbocycles. The molecule has 0 radical (unpaired) electrons. The van der Waals surface area contributed by atoms with Gasteiger partial charge in [0.2, 0.25) is 0 Å². The first-order valence-corrected chi connectivity index (χ1v) is 4.92. The van der Waals surface area contributed by atoms with Gasteiger partial charge < -0.3 is 10.9 Å². The molecule has 14 heavy (non-hydrogen) atoms. The summed E-state index contributed by atoms with van der Waals surface area (Å²) in [5, 5.41) is 0. The molecule has 0 aliphatic carbocycles. The predicted molar refractivity (Wildman–Crippen MR) is 59.5 cm³/mol. The van der Waals surface area contributed by atoms with E-state index in [0.717, 1.165) is 19.3 Å². The van der Waals surface area contributed by atoms with Gasteiger partial charge in [0.25, 0.3) is 0 Å². The number of ether oxygens (including phenoxy) is 1. The van der Waals surface area contributed by atoms with Crippen molar-refractivity contribution < 1.29 is 9.53 Å². The van der Waals surface area contributed by atoms with E-state index in [9.17, 15) is 4.79 Å². The van der Waals surface area contributed by atoms with Gasteiger partial charge in [-0.1, -0.05) is 26.8 Å². The van der Waals surface area contributed by atoms with Crippen LogP contribution in [0.2, 0.25) is 0 Å². The minimum atomic E-state index is -0.244. The number of carbonyl (C=O) groups is 1. The molecule has 0 aromatic rings. The van der Waals surface area contributed by atoms with Crippen LogP contribution in [-0.2, 0) is 9.53 Å². The standard InChI is InChI=1S/C11H20O2.H3N/c1-5-13-11(12)10(4)8-6-7-9(2)3;/h9H,4-8H2,1-3H3;1H3. The molecule has 0 aliphatic heterocycles. The van der Waals surface area contributed by atoms with E-state index in [-0.39, 0.29) is 12.1 Å². The fourth-order valence-corrected chi connectivity index (χ4v) is 1.06. The van der Waals surface area contributed by atoms with Gasteiger partial charge in [0, 0.05) is 5.57 Å². The van der Waals surface area contributed by atoms with Gasteiger partial charge in [-0.25, -0.2) is 4.79 Å². The zero-order valence-corrected chi connectivity index (χ0v) is 9.64. The Morgan fingerprint density at radius 1 is 1.43 bits per heavy atom. The highest BCUT2D eigenvalue weighted by atomic mass is 16.5. The summed E-state index contributed by atoms with van der Waals surface area (Å²) >= 11 is 0. The summed E-state index contributed by atoms with van der Waals surface area (Å²) in [6, 6.07) is 0. The number of hydrogen-bond acceptors (Lipinski definition) is 3. The predicted octanol–water partition coefficient (Wildman–Crippen LogP) is 3.09. The Morgan fingerprint density at radius 3 is 2.43 bits per heavy atom. The van der Waals surface area contributed by atoms with Crippen molar-refractivity contribution in [3.63, 3.8) is 0 Å². The second-order valence-corrected chi connectivity index (χ2v) is 3.61. The van der Waals surface area contributed by atoms with Gasteiger partial charge in [0.05, 0.1) is 6.61 Å². The van der Waals surface area contributed by atoms with Crippen LogP contribution < -0.4 is 6.15 Å². The minimum Gasteiger partial charge on any atom is -0.463 e. The van der Waals surface area contributed by atoms with Crippen molar-refractivity contribution in [1.29, 1.82) is 0 Å². The van der Waals surface area contributed by atoms with Gasteiger partial charge in [-0.05, 0) is 25.7 Å². The van der Waals surface area contributed by atoms with Crippen molar-refractivity contribution in [3.8, 4) is 0 Å². The Labute approximate surface area is 87.1 Å². The molecular formula is C11H23NO2. The van der Waals surface area contributed by atoms with Gasteiger partial charge in [-0.2, -0.15) is 0 Å². The first-order chi connectivity index (χ1) is 6.07. The van der Waals surface area contributed by atoms with E-state index < -0.39 is 0 Å². The smallest absolute Gasteiger partial charge is 0.333 e. The van der Waals surface area contributed by atoms with E-state index in [2.05, 4.69) is 20.4 Å². The molecule has 0 rings (SSSR count). The average molecular weight is 201 g/mol. The molecule has 0 bridgehead atoms. The highest BCUT2D eigenvalue weighted by Crippen LogP contribution is 2.11. The summed E-state index contributed by atoms with van der Waals surface area (Å²) in [4.78, 5) is 11.1. The third-order valence-electron chi connectivity index (χ3n) is 1.82. The maximum absolute atomic E-state index is 11.1. The molecule has 0 atom stereocenters. The summed E-state index contributed by atoms with van der Waals surface area (Å²) in [6.45, 7) is 10.3. The Balaban J connectivity index is 0. The Morgan fingerprint density at radius 2 is 2.00 bits per heavy atom. The van der Waals surface area contributed by atoms with E-state index in [1.807, 2.05) is 0 Å². The third-order valence-corrected chi connectivity index (χ3v) is 1.82. The van der Waals surface area contributed by atoms with E-state index in [1.165, 1.54) is 0 Å².